The smallest absolute Gasteiger partial charge is 0.261 e. The molecule has 1 saturated heterocycles. The number of carbonyl (C=O) groups is 1. The average Bonchev–Trinajstić information content (AvgIpc) is 3.00. The van der Waals surface area contributed by atoms with Crippen molar-refractivity contribution in [1.29, 1.82) is 0 Å². The molecule has 3 heterocycles. The zero-order valence-corrected chi connectivity index (χ0v) is 18.0. The van der Waals surface area contributed by atoms with Gasteiger partial charge >= 0.3 is 0 Å². The third-order valence-electron chi connectivity index (χ3n) is 5.85. The van der Waals surface area contributed by atoms with Crippen LogP contribution < -0.4 is 5.32 Å². The Bertz CT molecular complexity index is 973. The van der Waals surface area contributed by atoms with Crippen molar-refractivity contribution in [2.75, 3.05) is 19.7 Å². The van der Waals surface area contributed by atoms with E-state index < -0.39 is 0 Å². The zero-order chi connectivity index (χ0) is 20.8. The molecule has 1 amide bonds. The van der Waals surface area contributed by atoms with Crippen molar-refractivity contribution in [3.8, 4) is 0 Å². The molecule has 0 saturated carbocycles. The van der Waals surface area contributed by atoms with Crippen molar-refractivity contribution in [3.05, 3.63) is 64.8 Å². The van der Waals surface area contributed by atoms with Gasteiger partial charge in [0.05, 0.1) is 11.5 Å². The number of thiophene rings is 1. The van der Waals surface area contributed by atoms with Crippen molar-refractivity contribution < 1.29 is 9.90 Å². The SMILES string of the molecule is O=C(NCCO)c1sc2ccccc2c1C[C@@H]1CCCCCN1Cc1cccnc1. The lowest BCUT2D eigenvalue weighted by molar-refractivity contribution is 0.0947. The van der Waals surface area contributed by atoms with Gasteiger partial charge in [0.15, 0.2) is 0 Å². The number of aromatic nitrogens is 1. The number of aliphatic hydroxyl groups excluding tert-OH is 1. The highest BCUT2D eigenvalue weighted by Crippen LogP contribution is 2.34. The fourth-order valence-corrected chi connectivity index (χ4v) is 5.52. The van der Waals surface area contributed by atoms with Crippen LogP contribution in [0.25, 0.3) is 10.1 Å². The molecule has 0 aliphatic carbocycles. The molecule has 30 heavy (non-hydrogen) atoms. The van der Waals surface area contributed by atoms with Gasteiger partial charge in [-0.05, 0) is 54.5 Å². The summed E-state index contributed by atoms with van der Waals surface area (Å²) in [6.07, 6.45) is 9.48. The lowest BCUT2D eigenvalue weighted by Gasteiger charge is -2.30. The van der Waals surface area contributed by atoms with Gasteiger partial charge in [0, 0.05) is 36.2 Å². The number of aliphatic hydroxyl groups is 1. The van der Waals surface area contributed by atoms with Crippen LogP contribution in [0, 0.1) is 0 Å². The van der Waals surface area contributed by atoms with E-state index in [2.05, 4.69) is 39.5 Å². The highest BCUT2D eigenvalue weighted by Gasteiger charge is 2.26. The van der Waals surface area contributed by atoms with E-state index in [-0.39, 0.29) is 19.1 Å². The molecule has 1 fully saturated rings. The molecule has 4 rings (SSSR count). The number of carbonyl (C=O) groups excluding carboxylic acids is 1. The summed E-state index contributed by atoms with van der Waals surface area (Å²) in [6.45, 7) is 2.21. The first-order valence-corrected chi connectivity index (χ1v) is 11.6. The van der Waals surface area contributed by atoms with Crippen LogP contribution in [-0.4, -0.2) is 46.6 Å². The van der Waals surface area contributed by atoms with Crippen LogP contribution in [-0.2, 0) is 13.0 Å². The summed E-state index contributed by atoms with van der Waals surface area (Å²) >= 11 is 1.56. The highest BCUT2D eigenvalue weighted by molar-refractivity contribution is 7.21. The topological polar surface area (TPSA) is 65.5 Å². The van der Waals surface area contributed by atoms with Crippen molar-refractivity contribution in [2.24, 2.45) is 0 Å². The molecule has 0 unspecified atom stereocenters. The summed E-state index contributed by atoms with van der Waals surface area (Å²) in [5, 5.41) is 13.1. The van der Waals surface area contributed by atoms with Gasteiger partial charge < -0.3 is 10.4 Å². The van der Waals surface area contributed by atoms with E-state index in [0.29, 0.717) is 6.04 Å². The summed E-state index contributed by atoms with van der Waals surface area (Å²) < 4.78 is 1.15. The van der Waals surface area contributed by atoms with Crippen LogP contribution in [0.4, 0.5) is 0 Å². The predicted octanol–water partition coefficient (Wildman–Crippen LogP) is 4.01. The maximum absolute atomic E-state index is 12.8. The van der Waals surface area contributed by atoms with Crippen molar-refractivity contribution in [1.82, 2.24) is 15.2 Å². The van der Waals surface area contributed by atoms with Gasteiger partial charge in [-0.3, -0.25) is 14.7 Å². The Labute approximate surface area is 181 Å². The van der Waals surface area contributed by atoms with Crippen molar-refractivity contribution >= 4 is 27.3 Å². The minimum Gasteiger partial charge on any atom is -0.395 e. The third kappa shape index (κ3) is 4.89. The number of likely N-dealkylation sites (tertiary alicyclic amines) is 1. The molecule has 2 aromatic heterocycles. The summed E-state index contributed by atoms with van der Waals surface area (Å²) in [4.78, 5) is 20.5. The zero-order valence-electron chi connectivity index (χ0n) is 17.2. The molecule has 5 nitrogen and oxygen atoms in total. The van der Waals surface area contributed by atoms with E-state index in [1.165, 1.54) is 30.2 Å². The molecule has 0 spiro atoms. The van der Waals surface area contributed by atoms with Crippen LogP contribution >= 0.6 is 11.3 Å². The largest absolute Gasteiger partial charge is 0.395 e. The second-order valence-corrected chi connectivity index (χ2v) is 8.98. The first-order valence-electron chi connectivity index (χ1n) is 10.8. The van der Waals surface area contributed by atoms with Gasteiger partial charge in [0.2, 0.25) is 0 Å². The third-order valence-corrected chi connectivity index (χ3v) is 7.06. The summed E-state index contributed by atoms with van der Waals surface area (Å²) in [7, 11) is 0. The monoisotopic (exact) mass is 423 g/mol. The number of amides is 1. The number of rotatable bonds is 7. The molecular formula is C24H29N3O2S. The highest BCUT2D eigenvalue weighted by atomic mass is 32.1. The fourth-order valence-electron chi connectivity index (χ4n) is 4.37. The maximum atomic E-state index is 12.8. The van der Waals surface area contributed by atoms with E-state index in [1.807, 2.05) is 24.5 Å². The lowest BCUT2D eigenvalue weighted by Crippen LogP contribution is -2.36. The maximum Gasteiger partial charge on any atom is 0.261 e. The Hall–Kier alpha value is -2.28. The minimum absolute atomic E-state index is 0.0481. The van der Waals surface area contributed by atoms with E-state index >= 15 is 0 Å². The Morgan fingerprint density at radius 3 is 2.93 bits per heavy atom. The Kier molecular flexibility index (Phi) is 7.10. The molecule has 1 aliphatic heterocycles. The molecule has 1 aromatic carbocycles. The summed E-state index contributed by atoms with van der Waals surface area (Å²) in [5.41, 5.74) is 2.38. The summed E-state index contributed by atoms with van der Waals surface area (Å²) in [6, 6.07) is 12.8. The van der Waals surface area contributed by atoms with E-state index in [1.54, 1.807) is 11.3 Å². The molecule has 158 valence electrons. The molecule has 1 aliphatic rings. The Balaban J connectivity index is 1.64. The van der Waals surface area contributed by atoms with Crippen LogP contribution in [0.2, 0.25) is 0 Å². The van der Waals surface area contributed by atoms with Gasteiger partial charge in [-0.2, -0.15) is 0 Å². The van der Waals surface area contributed by atoms with Crippen molar-refractivity contribution in [3.63, 3.8) is 0 Å². The van der Waals surface area contributed by atoms with E-state index in [9.17, 15) is 4.79 Å². The van der Waals surface area contributed by atoms with Crippen LogP contribution in [0.5, 0.6) is 0 Å². The van der Waals surface area contributed by atoms with Gasteiger partial charge in [-0.15, -0.1) is 11.3 Å². The lowest BCUT2D eigenvalue weighted by atomic mass is 9.97. The van der Waals surface area contributed by atoms with Gasteiger partial charge in [-0.25, -0.2) is 0 Å². The van der Waals surface area contributed by atoms with Gasteiger partial charge in [-0.1, -0.05) is 37.1 Å². The number of pyridine rings is 1. The Morgan fingerprint density at radius 1 is 1.20 bits per heavy atom. The second-order valence-electron chi connectivity index (χ2n) is 7.92. The number of nitrogens with one attached hydrogen (secondary N) is 1. The van der Waals surface area contributed by atoms with Crippen molar-refractivity contribution in [2.45, 2.75) is 44.7 Å². The van der Waals surface area contributed by atoms with E-state index in [4.69, 9.17) is 5.11 Å². The molecule has 0 radical (unpaired) electrons. The normalized spacial score (nSPS) is 17.7. The second kappa shape index (κ2) is 10.2. The molecule has 3 aromatic rings. The average molecular weight is 424 g/mol. The number of fused-ring (bicyclic) bond motifs is 1. The quantitative estimate of drug-likeness (QED) is 0.603. The van der Waals surface area contributed by atoms with Crippen LogP contribution in [0.15, 0.2) is 48.8 Å². The van der Waals surface area contributed by atoms with Gasteiger partial charge in [0.25, 0.3) is 5.91 Å². The van der Waals surface area contributed by atoms with Gasteiger partial charge in [0.1, 0.15) is 0 Å². The molecular weight excluding hydrogens is 394 g/mol. The number of hydrogen-bond acceptors (Lipinski definition) is 5. The molecule has 1 atom stereocenters. The first kappa shape index (κ1) is 21.0. The Morgan fingerprint density at radius 2 is 2.10 bits per heavy atom. The fraction of sp³-hybridized carbons (Fsp3) is 0.417. The standard InChI is InChI=1S/C24H29N3O2S/c28-14-12-26-24(29)23-21(20-9-3-4-10-22(20)30-23)15-19-8-2-1-5-13-27(19)17-18-7-6-11-25-16-18/h3-4,6-7,9-11,16,19,28H,1-2,5,8,12-15,17H2,(H,26,29)/t19-/m0/s1. The summed E-state index contributed by atoms with van der Waals surface area (Å²) in [5.74, 6) is -0.0762. The molecule has 6 heteroatoms. The van der Waals surface area contributed by atoms with E-state index in [0.717, 1.165) is 41.1 Å². The number of nitrogens with zero attached hydrogens (tertiary/aromatic N) is 2. The first-order chi connectivity index (χ1) is 14.8. The number of hydrogen-bond donors (Lipinski definition) is 2. The predicted molar refractivity (Wildman–Crippen MR) is 122 cm³/mol. The van der Waals surface area contributed by atoms with Crippen LogP contribution in [0.3, 0.4) is 0 Å². The number of benzene rings is 1. The van der Waals surface area contributed by atoms with Crippen LogP contribution in [0.1, 0.15) is 46.5 Å². The minimum atomic E-state index is -0.0762. The molecule has 0 bridgehead atoms. The molecule has 2 N–H and O–H groups in total.